The lowest BCUT2D eigenvalue weighted by Gasteiger charge is -2.23. The minimum atomic E-state index is -0.114. The molecule has 1 aliphatic carbocycles. The molecule has 16 heavy (non-hydrogen) atoms. The molecule has 0 fully saturated rings. The molecule has 1 aromatic carbocycles. The number of ether oxygens (including phenoxy) is 1. The Morgan fingerprint density at radius 3 is 3.06 bits per heavy atom. The molecule has 2 rings (SSSR count). The first-order valence-corrected chi connectivity index (χ1v) is 5.63. The van der Waals surface area contributed by atoms with Crippen LogP contribution < -0.4 is 5.73 Å². The fourth-order valence-electron chi connectivity index (χ4n) is 2.35. The van der Waals surface area contributed by atoms with Gasteiger partial charge in [0.25, 0.3) is 0 Å². The SMILES string of the molecule is COC(=O)CC1CCc2ccc(N)cc2C1. The fraction of sp³-hybridized carbons (Fsp3) is 0.462. The summed E-state index contributed by atoms with van der Waals surface area (Å²) in [6, 6.07) is 6.07. The largest absolute Gasteiger partial charge is 0.469 e. The third-order valence-electron chi connectivity index (χ3n) is 3.24. The summed E-state index contributed by atoms with van der Waals surface area (Å²) in [5.74, 6) is 0.291. The maximum Gasteiger partial charge on any atom is 0.305 e. The van der Waals surface area contributed by atoms with Crippen LogP contribution in [0.5, 0.6) is 0 Å². The Bertz CT molecular complexity index is 401. The summed E-state index contributed by atoms with van der Waals surface area (Å²) < 4.78 is 4.70. The van der Waals surface area contributed by atoms with Crippen LogP contribution in [0.25, 0.3) is 0 Å². The third-order valence-corrected chi connectivity index (χ3v) is 3.24. The van der Waals surface area contributed by atoms with E-state index >= 15 is 0 Å². The van der Waals surface area contributed by atoms with Crippen molar-refractivity contribution in [1.82, 2.24) is 0 Å². The Morgan fingerprint density at radius 2 is 2.31 bits per heavy atom. The molecule has 0 saturated heterocycles. The van der Waals surface area contributed by atoms with Crippen molar-refractivity contribution in [3.63, 3.8) is 0 Å². The number of carbonyl (C=O) groups is 1. The van der Waals surface area contributed by atoms with Gasteiger partial charge in [-0.1, -0.05) is 6.07 Å². The van der Waals surface area contributed by atoms with Gasteiger partial charge in [0.2, 0.25) is 0 Å². The van der Waals surface area contributed by atoms with Crippen molar-refractivity contribution >= 4 is 11.7 Å². The van der Waals surface area contributed by atoms with E-state index in [1.807, 2.05) is 12.1 Å². The predicted molar refractivity (Wildman–Crippen MR) is 63.0 cm³/mol. The minimum Gasteiger partial charge on any atom is -0.469 e. The molecule has 1 atom stereocenters. The van der Waals surface area contributed by atoms with Crippen molar-refractivity contribution in [3.05, 3.63) is 29.3 Å². The predicted octanol–water partition coefficient (Wildman–Crippen LogP) is 1.94. The van der Waals surface area contributed by atoms with Crippen molar-refractivity contribution in [2.75, 3.05) is 12.8 Å². The monoisotopic (exact) mass is 219 g/mol. The van der Waals surface area contributed by atoms with Crippen molar-refractivity contribution in [1.29, 1.82) is 0 Å². The van der Waals surface area contributed by atoms with Gasteiger partial charge in [0.05, 0.1) is 7.11 Å². The standard InChI is InChI=1S/C13H17NO2/c1-16-13(15)7-9-2-3-10-4-5-12(14)8-11(10)6-9/h4-5,8-9H,2-3,6-7,14H2,1H3. The first-order chi connectivity index (χ1) is 7.69. The molecule has 1 aromatic rings. The molecule has 0 bridgehead atoms. The molecule has 3 heteroatoms. The van der Waals surface area contributed by atoms with E-state index in [4.69, 9.17) is 10.5 Å². The number of benzene rings is 1. The van der Waals surface area contributed by atoms with Crippen molar-refractivity contribution < 1.29 is 9.53 Å². The van der Waals surface area contributed by atoms with E-state index in [1.165, 1.54) is 18.2 Å². The molecular weight excluding hydrogens is 202 g/mol. The number of aryl methyl sites for hydroxylation is 1. The number of anilines is 1. The first kappa shape index (κ1) is 11.0. The second-order valence-corrected chi connectivity index (χ2v) is 4.42. The second kappa shape index (κ2) is 4.56. The summed E-state index contributed by atoms with van der Waals surface area (Å²) in [5, 5.41) is 0. The molecule has 0 saturated carbocycles. The molecule has 1 unspecified atom stereocenters. The van der Waals surface area contributed by atoms with Gasteiger partial charge in [-0.15, -0.1) is 0 Å². The van der Waals surface area contributed by atoms with E-state index in [-0.39, 0.29) is 5.97 Å². The van der Waals surface area contributed by atoms with Gasteiger partial charge in [-0.05, 0) is 48.4 Å². The van der Waals surface area contributed by atoms with E-state index in [0.29, 0.717) is 12.3 Å². The van der Waals surface area contributed by atoms with Crippen LogP contribution in [0.15, 0.2) is 18.2 Å². The summed E-state index contributed by atoms with van der Waals surface area (Å²) in [4.78, 5) is 11.2. The van der Waals surface area contributed by atoms with Crippen LogP contribution in [0.2, 0.25) is 0 Å². The van der Waals surface area contributed by atoms with Gasteiger partial charge in [-0.25, -0.2) is 0 Å². The molecule has 0 amide bonds. The molecule has 2 N–H and O–H groups in total. The van der Waals surface area contributed by atoms with Crippen LogP contribution in [0.3, 0.4) is 0 Å². The molecule has 1 aliphatic rings. The van der Waals surface area contributed by atoms with Crippen molar-refractivity contribution in [2.45, 2.75) is 25.7 Å². The highest BCUT2D eigenvalue weighted by Gasteiger charge is 2.21. The zero-order chi connectivity index (χ0) is 11.5. The van der Waals surface area contributed by atoms with Crippen molar-refractivity contribution in [3.8, 4) is 0 Å². The zero-order valence-electron chi connectivity index (χ0n) is 9.53. The van der Waals surface area contributed by atoms with E-state index in [2.05, 4.69) is 6.07 Å². The molecule has 0 radical (unpaired) electrons. The van der Waals surface area contributed by atoms with Crippen LogP contribution in [0.1, 0.15) is 24.0 Å². The number of methoxy groups -OCH3 is 1. The smallest absolute Gasteiger partial charge is 0.305 e. The van der Waals surface area contributed by atoms with Crippen LogP contribution in [0, 0.1) is 5.92 Å². The Kier molecular flexibility index (Phi) is 3.13. The second-order valence-electron chi connectivity index (χ2n) is 4.42. The van der Waals surface area contributed by atoms with E-state index in [9.17, 15) is 4.79 Å². The van der Waals surface area contributed by atoms with Gasteiger partial charge >= 0.3 is 5.97 Å². The number of hydrogen-bond donors (Lipinski definition) is 1. The van der Waals surface area contributed by atoms with Crippen molar-refractivity contribution in [2.24, 2.45) is 5.92 Å². The summed E-state index contributed by atoms with van der Waals surface area (Å²) in [5.41, 5.74) is 9.23. The van der Waals surface area contributed by atoms with Gasteiger partial charge < -0.3 is 10.5 Å². The van der Waals surface area contributed by atoms with E-state index in [0.717, 1.165) is 24.9 Å². The number of nitrogens with two attached hydrogens (primary N) is 1. The minimum absolute atomic E-state index is 0.114. The number of fused-ring (bicyclic) bond motifs is 1. The highest BCUT2D eigenvalue weighted by Crippen LogP contribution is 2.29. The molecular formula is C13H17NO2. The number of esters is 1. The lowest BCUT2D eigenvalue weighted by atomic mass is 9.82. The van der Waals surface area contributed by atoms with Gasteiger partial charge in [-0.2, -0.15) is 0 Å². The summed E-state index contributed by atoms with van der Waals surface area (Å²) >= 11 is 0. The van der Waals surface area contributed by atoms with Gasteiger partial charge in [-0.3, -0.25) is 4.79 Å². The fourth-order valence-corrected chi connectivity index (χ4v) is 2.35. The molecule has 0 spiro atoms. The zero-order valence-corrected chi connectivity index (χ0v) is 9.53. The topological polar surface area (TPSA) is 52.3 Å². The van der Waals surface area contributed by atoms with Crippen LogP contribution in [0.4, 0.5) is 5.69 Å². The average Bonchev–Trinajstić information content (AvgIpc) is 2.28. The third kappa shape index (κ3) is 2.35. The molecule has 3 nitrogen and oxygen atoms in total. The number of rotatable bonds is 2. The lowest BCUT2D eigenvalue weighted by molar-refractivity contribution is -0.141. The van der Waals surface area contributed by atoms with E-state index < -0.39 is 0 Å². The Hall–Kier alpha value is -1.51. The van der Waals surface area contributed by atoms with Gasteiger partial charge in [0.1, 0.15) is 0 Å². The first-order valence-electron chi connectivity index (χ1n) is 5.63. The van der Waals surface area contributed by atoms with Gasteiger partial charge in [0.15, 0.2) is 0 Å². The summed E-state index contributed by atoms with van der Waals surface area (Å²) in [6.45, 7) is 0. The average molecular weight is 219 g/mol. The number of carbonyl (C=O) groups excluding carboxylic acids is 1. The Labute approximate surface area is 95.6 Å². The Balaban J connectivity index is 2.08. The molecule has 0 heterocycles. The maximum atomic E-state index is 11.2. The Morgan fingerprint density at radius 1 is 1.50 bits per heavy atom. The maximum absolute atomic E-state index is 11.2. The summed E-state index contributed by atoms with van der Waals surface area (Å²) in [6.07, 6.45) is 3.56. The lowest BCUT2D eigenvalue weighted by Crippen LogP contribution is -2.18. The molecule has 0 aromatic heterocycles. The number of nitrogen functional groups attached to an aromatic ring is 1. The highest BCUT2D eigenvalue weighted by atomic mass is 16.5. The van der Waals surface area contributed by atoms with E-state index in [1.54, 1.807) is 0 Å². The van der Waals surface area contributed by atoms with Crippen LogP contribution >= 0.6 is 0 Å². The van der Waals surface area contributed by atoms with Crippen LogP contribution in [-0.4, -0.2) is 13.1 Å². The molecule has 0 aliphatic heterocycles. The van der Waals surface area contributed by atoms with Crippen LogP contribution in [-0.2, 0) is 22.4 Å². The summed E-state index contributed by atoms with van der Waals surface area (Å²) in [7, 11) is 1.44. The quantitative estimate of drug-likeness (QED) is 0.611. The highest BCUT2D eigenvalue weighted by molar-refractivity contribution is 5.69. The molecule has 86 valence electrons. The number of hydrogen-bond acceptors (Lipinski definition) is 3. The normalized spacial score (nSPS) is 18.9. The van der Waals surface area contributed by atoms with Gasteiger partial charge in [0, 0.05) is 12.1 Å².